The summed E-state index contributed by atoms with van der Waals surface area (Å²) in [7, 11) is 0. The molecule has 4 heteroatoms. The number of ether oxygens (including phenoxy) is 1. The third-order valence-electron chi connectivity index (χ3n) is 9.23. The van der Waals surface area contributed by atoms with Gasteiger partial charge in [0.05, 0.1) is 0 Å². The van der Waals surface area contributed by atoms with Crippen molar-refractivity contribution in [3.63, 3.8) is 0 Å². The molecule has 1 fully saturated rings. The van der Waals surface area contributed by atoms with Crippen LogP contribution in [0.3, 0.4) is 0 Å². The molecule has 0 aliphatic heterocycles. The topological polar surface area (TPSA) is 9.23 Å². The van der Waals surface area contributed by atoms with Gasteiger partial charge >= 0.3 is 0 Å². The predicted molar refractivity (Wildman–Crippen MR) is 168 cm³/mol. The Hall–Kier alpha value is -3.53. The van der Waals surface area contributed by atoms with Crippen LogP contribution < -0.4 is 4.74 Å². The van der Waals surface area contributed by atoms with Gasteiger partial charge in [0.15, 0.2) is 11.6 Å². The van der Waals surface area contributed by atoms with Crippen LogP contribution in [0.4, 0.5) is 13.2 Å². The molecular weight excluding hydrogens is 529 g/mol. The third kappa shape index (κ3) is 6.91. The molecule has 1 unspecified atom stereocenters. The summed E-state index contributed by atoms with van der Waals surface area (Å²) in [6.07, 6.45) is 19.2. The van der Waals surface area contributed by atoms with Crippen LogP contribution in [-0.2, 0) is 0 Å². The van der Waals surface area contributed by atoms with Gasteiger partial charge in [0.1, 0.15) is 12.4 Å². The van der Waals surface area contributed by atoms with Gasteiger partial charge < -0.3 is 4.74 Å². The number of rotatable bonds is 10. The van der Waals surface area contributed by atoms with Crippen LogP contribution in [0.2, 0.25) is 0 Å². The van der Waals surface area contributed by atoms with Gasteiger partial charge in [-0.15, -0.1) is 0 Å². The highest BCUT2D eigenvalue weighted by molar-refractivity contribution is 5.74. The van der Waals surface area contributed by atoms with Crippen molar-refractivity contribution in [2.75, 3.05) is 6.61 Å². The SMILES string of the molecule is C=CCOc1ccc(-c2ccc(-c3ccc(C4=CCC(C5CCC(CC/C=C/C)CC5)CC4)c(F)c3)cc2)c(F)c1F. The van der Waals surface area contributed by atoms with Crippen LogP contribution in [0, 0.1) is 35.2 Å². The maximum absolute atomic E-state index is 15.4. The minimum Gasteiger partial charge on any atom is -0.486 e. The summed E-state index contributed by atoms with van der Waals surface area (Å²) in [6.45, 7) is 5.71. The lowest BCUT2D eigenvalue weighted by Gasteiger charge is -2.35. The first-order chi connectivity index (χ1) is 20.5. The van der Waals surface area contributed by atoms with E-state index in [0.717, 1.165) is 53.7 Å². The van der Waals surface area contributed by atoms with E-state index in [4.69, 9.17) is 4.74 Å². The Bertz CT molecular complexity index is 1430. The maximum Gasteiger partial charge on any atom is 0.201 e. The van der Waals surface area contributed by atoms with E-state index in [1.807, 2.05) is 24.3 Å². The van der Waals surface area contributed by atoms with Crippen LogP contribution in [0.1, 0.15) is 70.3 Å². The summed E-state index contributed by atoms with van der Waals surface area (Å²) < 4.78 is 49.7. The van der Waals surface area contributed by atoms with E-state index >= 15 is 4.39 Å². The van der Waals surface area contributed by atoms with Crippen molar-refractivity contribution in [3.8, 4) is 28.0 Å². The lowest BCUT2D eigenvalue weighted by atomic mass is 9.70. The van der Waals surface area contributed by atoms with E-state index in [-0.39, 0.29) is 23.7 Å². The van der Waals surface area contributed by atoms with Gasteiger partial charge in [-0.2, -0.15) is 4.39 Å². The fraction of sp³-hybridized carbons (Fsp3) is 0.368. The van der Waals surface area contributed by atoms with Crippen molar-refractivity contribution in [1.82, 2.24) is 0 Å². The van der Waals surface area contributed by atoms with Crippen molar-refractivity contribution in [2.24, 2.45) is 17.8 Å². The molecule has 3 aromatic carbocycles. The molecule has 0 saturated heterocycles. The second kappa shape index (κ2) is 14.1. The Kier molecular flexibility index (Phi) is 10.0. The van der Waals surface area contributed by atoms with E-state index in [1.165, 1.54) is 56.7 Å². The highest BCUT2D eigenvalue weighted by Crippen LogP contribution is 2.42. The van der Waals surface area contributed by atoms with Crippen LogP contribution >= 0.6 is 0 Å². The quantitative estimate of drug-likeness (QED) is 0.220. The third-order valence-corrected chi connectivity index (χ3v) is 9.23. The van der Waals surface area contributed by atoms with E-state index < -0.39 is 11.6 Å². The molecule has 3 aromatic rings. The largest absolute Gasteiger partial charge is 0.486 e. The Balaban J connectivity index is 1.21. The monoisotopic (exact) mass is 570 g/mol. The Morgan fingerprint density at radius 2 is 1.52 bits per heavy atom. The molecule has 1 atom stereocenters. The first-order valence-electron chi connectivity index (χ1n) is 15.4. The number of halogens is 3. The van der Waals surface area contributed by atoms with Gasteiger partial charge in [-0.25, -0.2) is 8.78 Å². The molecule has 42 heavy (non-hydrogen) atoms. The number of hydrogen-bond donors (Lipinski definition) is 0. The normalized spacial score (nSPS) is 20.9. The first kappa shape index (κ1) is 29.9. The zero-order valence-corrected chi connectivity index (χ0v) is 24.6. The smallest absolute Gasteiger partial charge is 0.201 e. The first-order valence-corrected chi connectivity index (χ1v) is 15.4. The summed E-state index contributed by atoms with van der Waals surface area (Å²) in [5, 5.41) is 0. The van der Waals surface area contributed by atoms with E-state index in [0.29, 0.717) is 11.1 Å². The van der Waals surface area contributed by atoms with Crippen LogP contribution in [0.5, 0.6) is 5.75 Å². The highest BCUT2D eigenvalue weighted by atomic mass is 19.2. The Labute approximate surface area is 248 Å². The molecule has 5 rings (SSSR count). The molecule has 0 N–H and O–H groups in total. The molecule has 0 amide bonds. The van der Waals surface area contributed by atoms with Crippen molar-refractivity contribution < 1.29 is 17.9 Å². The number of hydrogen-bond acceptors (Lipinski definition) is 1. The van der Waals surface area contributed by atoms with Gasteiger partial charge in [0, 0.05) is 11.1 Å². The zero-order chi connectivity index (χ0) is 29.5. The highest BCUT2D eigenvalue weighted by Gasteiger charge is 2.29. The second-order valence-corrected chi connectivity index (χ2v) is 11.8. The molecule has 0 bridgehead atoms. The predicted octanol–water partition coefficient (Wildman–Crippen LogP) is 11.3. The minimum atomic E-state index is -1.03. The summed E-state index contributed by atoms with van der Waals surface area (Å²) >= 11 is 0. The fourth-order valence-electron chi connectivity index (χ4n) is 6.79. The second-order valence-electron chi connectivity index (χ2n) is 11.8. The van der Waals surface area contributed by atoms with Crippen molar-refractivity contribution in [3.05, 3.63) is 108 Å². The summed E-state index contributed by atoms with van der Waals surface area (Å²) in [5.41, 5.74) is 4.05. The molecule has 220 valence electrons. The summed E-state index contributed by atoms with van der Waals surface area (Å²) in [4.78, 5) is 0. The average Bonchev–Trinajstić information content (AvgIpc) is 3.02. The molecule has 0 heterocycles. The summed E-state index contributed by atoms with van der Waals surface area (Å²) in [6, 6.07) is 15.4. The van der Waals surface area contributed by atoms with Gasteiger partial charge in [0.2, 0.25) is 5.82 Å². The Morgan fingerprint density at radius 3 is 2.19 bits per heavy atom. The molecule has 1 saturated carbocycles. The lowest BCUT2D eigenvalue weighted by Crippen LogP contribution is -2.23. The zero-order valence-electron chi connectivity index (χ0n) is 24.6. The van der Waals surface area contributed by atoms with Gasteiger partial charge in [-0.1, -0.05) is 80.1 Å². The molecule has 0 radical (unpaired) electrons. The van der Waals surface area contributed by atoms with Gasteiger partial charge in [0.25, 0.3) is 0 Å². The molecule has 2 aliphatic carbocycles. The van der Waals surface area contributed by atoms with Crippen LogP contribution in [-0.4, -0.2) is 6.61 Å². The number of benzene rings is 3. The molecule has 0 spiro atoms. The average molecular weight is 571 g/mol. The van der Waals surface area contributed by atoms with E-state index in [9.17, 15) is 8.78 Å². The van der Waals surface area contributed by atoms with Crippen LogP contribution in [0.15, 0.2) is 85.5 Å². The number of allylic oxidation sites excluding steroid dienone is 4. The molecule has 2 aliphatic rings. The molecular formula is C38H41F3O. The van der Waals surface area contributed by atoms with Crippen LogP contribution in [0.25, 0.3) is 27.8 Å². The molecule has 0 aromatic heterocycles. The van der Waals surface area contributed by atoms with Crippen molar-refractivity contribution in [2.45, 2.75) is 64.7 Å². The standard InChI is InChI=1S/C38H41F3O/c1-3-5-6-7-26-8-10-27(11-9-26)28-12-16-30(17-13-28)33-21-20-32(25-35(33)39)29-14-18-31(19-15-29)34-22-23-36(42-24-4-2)38(41)37(34)40/h3-5,14-16,18-23,25-28H,2,6-13,17,24H2,1H3/b5-3+. The maximum atomic E-state index is 15.4. The van der Waals surface area contributed by atoms with Crippen molar-refractivity contribution in [1.29, 1.82) is 0 Å². The van der Waals surface area contributed by atoms with E-state index in [2.05, 4.69) is 31.7 Å². The summed E-state index contributed by atoms with van der Waals surface area (Å²) in [5.74, 6) is 0.0632. The Morgan fingerprint density at radius 1 is 0.810 bits per heavy atom. The van der Waals surface area contributed by atoms with Gasteiger partial charge in [-0.3, -0.25) is 0 Å². The van der Waals surface area contributed by atoms with Crippen molar-refractivity contribution >= 4 is 5.57 Å². The van der Waals surface area contributed by atoms with Gasteiger partial charge in [-0.05, 0) is 110 Å². The van der Waals surface area contributed by atoms with E-state index in [1.54, 1.807) is 18.2 Å². The molecule has 1 nitrogen and oxygen atoms in total. The minimum absolute atomic E-state index is 0.0934. The lowest BCUT2D eigenvalue weighted by molar-refractivity contribution is 0.190. The fourth-order valence-corrected chi connectivity index (χ4v) is 6.79.